The van der Waals surface area contributed by atoms with Crippen molar-refractivity contribution < 1.29 is 23.8 Å². The van der Waals surface area contributed by atoms with Gasteiger partial charge >= 0.3 is 0 Å². The molecule has 3 heterocycles. The zero-order valence-electron chi connectivity index (χ0n) is 11.2. The molecule has 0 aliphatic carbocycles. The lowest BCUT2D eigenvalue weighted by Gasteiger charge is -2.17. The lowest BCUT2D eigenvalue weighted by molar-refractivity contribution is -0.126. The maximum atomic E-state index is 12.0. The van der Waals surface area contributed by atoms with Crippen molar-refractivity contribution in [3.63, 3.8) is 0 Å². The lowest BCUT2D eigenvalue weighted by Crippen LogP contribution is -2.44. The van der Waals surface area contributed by atoms with Crippen molar-refractivity contribution in [2.75, 3.05) is 19.8 Å². The topological polar surface area (TPSA) is 99.9 Å². The van der Waals surface area contributed by atoms with Gasteiger partial charge in [-0.25, -0.2) is 0 Å². The number of hydrogen-bond acceptors (Lipinski definition) is 6. The van der Waals surface area contributed by atoms with Crippen LogP contribution in [-0.2, 0) is 19.0 Å². The minimum Gasteiger partial charge on any atom is -0.370 e. The first kappa shape index (κ1) is 14.5. The molecule has 2 aliphatic heterocycles. The summed E-state index contributed by atoms with van der Waals surface area (Å²) in [5, 5.41) is 4.76. The van der Waals surface area contributed by atoms with Crippen LogP contribution in [0.25, 0.3) is 0 Å². The van der Waals surface area contributed by atoms with Gasteiger partial charge < -0.3 is 25.3 Å². The Balaban J connectivity index is 1.56. The molecule has 21 heavy (non-hydrogen) atoms. The number of carbonyl (C=O) groups excluding carboxylic acids is 2. The van der Waals surface area contributed by atoms with Gasteiger partial charge in [0.1, 0.15) is 24.9 Å². The average Bonchev–Trinajstić information content (AvgIpc) is 3.15. The van der Waals surface area contributed by atoms with Crippen LogP contribution >= 0.6 is 11.3 Å². The monoisotopic (exact) mass is 312 g/mol. The summed E-state index contributed by atoms with van der Waals surface area (Å²) in [6.07, 6.45) is -0.865. The molecule has 1 aromatic rings. The molecule has 7 nitrogen and oxygen atoms in total. The van der Waals surface area contributed by atoms with E-state index in [1.165, 1.54) is 11.3 Å². The number of thiophene rings is 1. The molecule has 1 aromatic heterocycles. The predicted molar refractivity (Wildman–Crippen MR) is 74.0 cm³/mol. The molecule has 2 aliphatic rings. The summed E-state index contributed by atoms with van der Waals surface area (Å²) in [4.78, 5) is 23.4. The number of primary amides is 1. The predicted octanol–water partition coefficient (Wildman–Crippen LogP) is -0.485. The van der Waals surface area contributed by atoms with Crippen LogP contribution in [-0.4, -0.2) is 56.0 Å². The Kier molecular flexibility index (Phi) is 4.20. The van der Waals surface area contributed by atoms with Gasteiger partial charge in [-0.2, -0.15) is 0 Å². The second kappa shape index (κ2) is 6.10. The smallest absolute Gasteiger partial charge is 0.261 e. The molecule has 114 valence electrons. The number of nitrogens with two attached hydrogens (primary N) is 1. The Labute approximate surface area is 125 Å². The molecule has 0 spiro atoms. The molecule has 4 atom stereocenters. The van der Waals surface area contributed by atoms with Crippen molar-refractivity contribution in [2.45, 2.75) is 24.4 Å². The third-order valence-corrected chi connectivity index (χ3v) is 4.38. The number of nitrogens with one attached hydrogen (secondary N) is 1. The van der Waals surface area contributed by atoms with Crippen LogP contribution in [0.1, 0.15) is 9.67 Å². The van der Waals surface area contributed by atoms with E-state index in [2.05, 4.69) is 5.32 Å². The van der Waals surface area contributed by atoms with E-state index in [0.29, 0.717) is 18.1 Å². The van der Waals surface area contributed by atoms with Gasteiger partial charge in [0.15, 0.2) is 0 Å². The highest BCUT2D eigenvalue weighted by Crippen LogP contribution is 2.29. The highest BCUT2D eigenvalue weighted by Gasteiger charge is 2.48. The highest BCUT2D eigenvalue weighted by atomic mass is 32.1. The zero-order valence-corrected chi connectivity index (χ0v) is 12.0. The zero-order chi connectivity index (χ0) is 14.8. The fourth-order valence-electron chi connectivity index (χ4n) is 2.57. The molecule has 3 N–H and O–H groups in total. The second-order valence-electron chi connectivity index (χ2n) is 4.97. The summed E-state index contributed by atoms with van der Waals surface area (Å²) in [6, 6.07) is 3.38. The Bertz CT molecular complexity index is 521. The molecular formula is C13H16N2O5S. The Hall–Kier alpha value is -1.48. The SMILES string of the molecule is NC(=O)CO[C@@H]1CO[C@H]2[C@H]1OC[C@H]2NC(=O)c1cccs1. The fourth-order valence-corrected chi connectivity index (χ4v) is 3.19. The summed E-state index contributed by atoms with van der Waals surface area (Å²) in [6.45, 7) is 0.531. The Morgan fingerprint density at radius 3 is 2.90 bits per heavy atom. The third-order valence-electron chi connectivity index (χ3n) is 3.51. The van der Waals surface area contributed by atoms with Crippen molar-refractivity contribution in [1.29, 1.82) is 0 Å². The second-order valence-corrected chi connectivity index (χ2v) is 5.92. The normalized spacial score (nSPS) is 31.0. The van der Waals surface area contributed by atoms with Gasteiger partial charge in [-0.15, -0.1) is 11.3 Å². The third kappa shape index (κ3) is 3.08. The summed E-state index contributed by atoms with van der Waals surface area (Å²) < 4.78 is 16.6. The van der Waals surface area contributed by atoms with Gasteiger partial charge in [-0.1, -0.05) is 6.07 Å². The first-order valence-electron chi connectivity index (χ1n) is 6.62. The van der Waals surface area contributed by atoms with E-state index in [9.17, 15) is 9.59 Å². The maximum Gasteiger partial charge on any atom is 0.261 e. The van der Waals surface area contributed by atoms with Crippen LogP contribution < -0.4 is 11.1 Å². The van der Waals surface area contributed by atoms with Gasteiger partial charge in [-0.05, 0) is 11.4 Å². The molecule has 0 saturated carbocycles. The van der Waals surface area contributed by atoms with E-state index < -0.39 is 5.91 Å². The van der Waals surface area contributed by atoms with Crippen molar-refractivity contribution in [2.24, 2.45) is 5.73 Å². The van der Waals surface area contributed by atoms with Crippen LogP contribution in [0.15, 0.2) is 17.5 Å². The standard InChI is InChI=1S/C13H16N2O5S/c14-10(16)6-18-8-5-20-11-7(4-19-12(8)11)15-13(17)9-2-1-3-21-9/h1-3,7-8,11-12H,4-6H2,(H2,14,16)(H,15,17)/t7-,8-,11-,12+/m1/s1. The number of rotatable bonds is 5. The molecule has 0 unspecified atom stereocenters. The van der Waals surface area contributed by atoms with Crippen LogP contribution in [0.4, 0.5) is 0 Å². The maximum absolute atomic E-state index is 12.0. The van der Waals surface area contributed by atoms with Gasteiger partial charge in [0.05, 0.1) is 24.1 Å². The van der Waals surface area contributed by atoms with Crippen molar-refractivity contribution in [3.05, 3.63) is 22.4 Å². The molecule has 2 fully saturated rings. The molecule has 0 bridgehead atoms. The summed E-state index contributed by atoms with van der Waals surface area (Å²) in [5.74, 6) is -0.664. The van der Waals surface area contributed by atoms with Crippen LogP contribution in [0.3, 0.4) is 0 Å². The number of fused-ring (bicyclic) bond motifs is 1. The fraction of sp³-hybridized carbons (Fsp3) is 0.538. The van der Waals surface area contributed by atoms with E-state index in [-0.39, 0.29) is 36.9 Å². The van der Waals surface area contributed by atoms with E-state index in [1.807, 2.05) is 11.4 Å². The first-order chi connectivity index (χ1) is 10.1. The quantitative estimate of drug-likeness (QED) is 0.764. The Morgan fingerprint density at radius 1 is 1.38 bits per heavy atom. The number of amides is 2. The minimum absolute atomic E-state index is 0.135. The molecule has 8 heteroatoms. The molecule has 2 amide bonds. The van der Waals surface area contributed by atoms with Crippen LogP contribution in [0, 0.1) is 0 Å². The highest BCUT2D eigenvalue weighted by molar-refractivity contribution is 7.12. The van der Waals surface area contributed by atoms with Crippen LogP contribution in [0.5, 0.6) is 0 Å². The minimum atomic E-state index is -0.529. The lowest BCUT2D eigenvalue weighted by atomic mass is 10.1. The van der Waals surface area contributed by atoms with E-state index in [0.717, 1.165) is 0 Å². The number of carbonyl (C=O) groups is 2. The van der Waals surface area contributed by atoms with Crippen LogP contribution in [0.2, 0.25) is 0 Å². The number of ether oxygens (including phenoxy) is 3. The van der Waals surface area contributed by atoms with Crippen molar-refractivity contribution in [1.82, 2.24) is 5.32 Å². The average molecular weight is 312 g/mol. The molecule has 0 radical (unpaired) electrons. The summed E-state index contributed by atoms with van der Waals surface area (Å²) in [7, 11) is 0. The largest absolute Gasteiger partial charge is 0.370 e. The van der Waals surface area contributed by atoms with Gasteiger partial charge in [0, 0.05) is 0 Å². The summed E-state index contributed by atoms with van der Waals surface area (Å²) >= 11 is 1.38. The number of hydrogen-bond donors (Lipinski definition) is 2. The first-order valence-corrected chi connectivity index (χ1v) is 7.50. The van der Waals surface area contributed by atoms with E-state index in [4.69, 9.17) is 19.9 Å². The van der Waals surface area contributed by atoms with E-state index >= 15 is 0 Å². The van der Waals surface area contributed by atoms with Gasteiger partial charge in [-0.3, -0.25) is 9.59 Å². The molecule has 0 aromatic carbocycles. The molecule has 2 saturated heterocycles. The van der Waals surface area contributed by atoms with Crippen molar-refractivity contribution in [3.8, 4) is 0 Å². The molecule has 3 rings (SSSR count). The Morgan fingerprint density at radius 2 is 2.19 bits per heavy atom. The summed E-state index contributed by atoms with van der Waals surface area (Å²) in [5.41, 5.74) is 5.05. The van der Waals surface area contributed by atoms with Crippen molar-refractivity contribution >= 4 is 23.2 Å². The van der Waals surface area contributed by atoms with E-state index in [1.54, 1.807) is 6.07 Å². The van der Waals surface area contributed by atoms with Gasteiger partial charge in [0.25, 0.3) is 5.91 Å². The molecular weight excluding hydrogens is 296 g/mol. The van der Waals surface area contributed by atoms with Gasteiger partial charge in [0.2, 0.25) is 5.91 Å².